The number of nitrogens with one attached hydrogen (secondary N) is 2. The lowest BCUT2D eigenvalue weighted by Crippen LogP contribution is -2.46. The molecule has 7 heteroatoms. The zero-order valence-electron chi connectivity index (χ0n) is 13.3. The van der Waals surface area contributed by atoms with E-state index in [0.29, 0.717) is 38.7 Å². The summed E-state index contributed by atoms with van der Waals surface area (Å²) in [5.41, 5.74) is 0. The number of carboxylic acid groups (broad SMARTS) is 1. The molecule has 1 fully saturated rings. The zero-order valence-corrected chi connectivity index (χ0v) is 13.3. The first-order valence-electron chi connectivity index (χ1n) is 7.87. The topological polar surface area (TPSA) is 105 Å². The molecule has 22 heavy (non-hydrogen) atoms. The molecule has 0 radical (unpaired) electrons. The Hall–Kier alpha value is -1.79. The Morgan fingerprint density at radius 1 is 1.23 bits per heavy atom. The van der Waals surface area contributed by atoms with Gasteiger partial charge >= 0.3 is 18.0 Å². The van der Waals surface area contributed by atoms with Gasteiger partial charge in [-0.3, -0.25) is 9.59 Å². The number of carbonyl (C=O) groups is 3. The van der Waals surface area contributed by atoms with Gasteiger partial charge < -0.3 is 20.5 Å². The van der Waals surface area contributed by atoms with Crippen molar-refractivity contribution in [3.05, 3.63) is 0 Å². The summed E-state index contributed by atoms with van der Waals surface area (Å²) in [6.45, 7) is 3.95. The fourth-order valence-corrected chi connectivity index (χ4v) is 2.58. The molecule has 0 aromatic heterocycles. The number of rotatable bonds is 7. The first kappa shape index (κ1) is 18.3. The molecule has 1 rings (SSSR count). The molecular weight excluding hydrogens is 288 g/mol. The molecule has 1 saturated carbocycles. The van der Waals surface area contributed by atoms with E-state index in [9.17, 15) is 14.4 Å². The number of aliphatic carboxylic acids is 1. The summed E-state index contributed by atoms with van der Waals surface area (Å²) < 4.78 is 4.83. The van der Waals surface area contributed by atoms with Gasteiger partial charge in [0.05, 0.1) is 12.5 Å². The van der Waals surface area contributed by atoms with Crippen molar-refractivity contribution in [2.75, 3.05) is 6.61 Å². The Balaban J connectivity index is 2.20. The molecule has 7 nitrogen and oxygen atoms in total. The van der Waals surface area contributed by atoms with Crippen molar-refractivity contribution >= 4 is 18.0 Å². The molecule has 1 atom stereocenters. The van der Waals surface area contributed by atoms with E-state index in [-0.39, 0.29) is 36.4 Å². The third-order valence-electron chi connectivity index (χ3n) is 3.88. The predicted octanol–water partition coefficient (Wildman–Crippen LogP) is 1.66. The summed E-state index contributed by atoms with van der Waals surface area (Å²) in [4.78, 5) is 34.0. The average Bonchev–Trinajstić information content (AvgIpc) is 2.46. The number of hydrogen-bond donors (Lipinski definition) is 3. The lowest BCUT2D eigenvalue weighted by molar-refractivity contribution is -0.144. The van der Waals surface area contributed by atoms with Gasteiger partial charge in [-0.15, -0.1) is 0 Å². The third-order valence-corrected chi connectivity index (χ3v) is 3.88. The molecule has 0 aromatic carbocycles. The minimum Gasteiger partial charge on any atom is -0.481 e. The second kappa shape index (κ2) is 9.27. The van der Waals surface area contributed by atoms with Crippen LogP contribution in [0.1, 0.15) is 52.4 Å². The van der Waals surface area contributed by atoms with Crippen molar-refractivity contribution in [3.8, 4) is 0 Å². The summed E-state index contributed by atoms with van der Waals surface area (Å²) in [5, 5.41) is 14.6. The number of esters is 1. The molecule has 126 valence electrons. The van der Waals surface area contributed by atoms with Crippen molar-refractivity contribution in [2.24, 2.45) is 5.92 Å². The predicted molar refractivity (Wildman–Crippen MR) is 80.4 cm³/mol. The van der Waals surface area contributed by atoms with Gasteiger partial charge in [0, 0.05) is 18.5 Å². The smallest absolute Gasteiger partial charge is 0.315 e. The van der Waals surface area contributed by atoms with Gasteiger partial charge in [-0.25, -0.2) is 4.79 Å². The molecule has 1 aliphatic carbocycles. The highest BCUT2D eigenvalue weighted by molar-refractivity contribution is 5.75. The molecule has 0 heterocycles. The van der Waals surface area contributed by atoms with Gasteiger partial charge in [0.2, 0.25) is 0 Å². The zero-order chi connectivity index (χ0) is 16.5. The third kappa shape index (κ3) is 6.78. The Morgan fingerprint density at radius 2 is 1.86 bits per heavy atom. The van der Waals surface area contributed by atoms with E-state index in [0.717, 1.165) is 0 Å². The molecular formula is C15H26N2O5. The fraction of sp³-hybridized carbons (Fsp3) is 0.800. The van der Waals surface area contributed by atoms with Crippen molar-refractivity contribution < 1.29 is 24.2 Å². The van der Waals surface area contributed by atoms with E-state index in [1.54, 1.807) is 6.92 Å². The quantitative estimate of drug-likeness (QED) is 0.620. The van der Waals surface area contributed by atoms with Crippen LogP contribution in [-0.2, 0) is 14.3 Å². The van der Waals surface area contributed by atoms with E-state index in [4.69, 9.17) is 9.84 Å². The average molecular weight is 314 g/mol. The monoisotopic (exact) mass is 314 g/mol. The number of carboxylic acids is 1. The van der Waals surface area contributed by atoms with Gasteiger partial charge in [0.15, 0.2) is 0 Å². The van der Waals surface area contributed by atoms with Crippen LogP contribution in [0.25, 0.3) is 0 Å². The second-order valence-electron chi connectivity index (χ2n) is 5.75. The maximum Gasteiger partial charge on any atom is 0.315 e. The highest BCUT2D eigenvalue weighted by Gasteiger charge is 2.26. The Kier molecular flexibility index (Phi) is 7.70. The van der Waals surface area contributed by atoms with Crippen LogP contribution in [0, 0.1) is 5.92 Å². The van der Waals surface area contributed by atoms with Gasteiger partial charge in [0.1, 0.15) is 0 Å². The van der Waals surface area contributed by atoms with Crippen LogP contribution in [0.4, 0.5) is 4.79 Å². The summed E-state index contributed by atoms with van der Waals surface area (Å²) in [6, 6.07) is -0.372. The first-order chi connectivity index (χ1) is 10.4. The van der Waals surface area contributed by atoms with Crippen molar-refractivity contribution in [2.45, 2.75) is 64.5 Å². The van der Waals surface area contributed by atoms with Crippen LogP contribution >= 0.6 is 0 Å². The van der Waals surface area contributed by atoms with E-state index >= 15 is 0 Å². The molecule has 0 bridgehead atoms. The van der Waals surface area contributed by atoms with E-state index in [2.05, 4.69) is 10.6 Å². The minimum atomic E-state index is -0.754. The van der Waals surface area contributed by atoms with Crippen molar-refractivity contribution in [1.29, 1.82) is 0 Å². The molecule has 0 aliphatic heterocycles. The summed E-state index contributed by atoms with van der Waals surface area (Å²) in [6.07, 6.45) is 3.36. The Morgan fingerprint density at radius 3 is 2.41 bits per heavy atom. The lowest BCUT2D eigenvalue weighted by Gasteiger charge is -2.27. The van der Waals surface area contributed by atoms with Gasteiger partial charge in [0.25, 0.3) is 0 Å². The largest absolute Gasteiger partial charge is 0.481 e. The number of hydrogen-bond acceptors (Lipinski definition) is 4. The van der Waals surface area contributed by atoms with Crippen LogP contribution in [0.3, 0.4) is 0 Å². The first-order valence-corrected chi connectivity index (χ1v) is 7.87. The molecule has 1 unspecified atom stereocenters. The van der Waals surface area contributed by atoms with Crippen molar-refractivity contribution in [3.63, 3.8) is 0 Å². The summed E-state index contributed by atoms with van der Waals surface area (Å²) in [5.74, 6) is -1.30. The lowest BCUT2D eigenvalue weighted by atomic mass is 9.86. The Labute approximate surface area is 130 Å². The molecule has 0 saturated heterocycles. The molecule has 2 amide bonds. The highest BCUT2D eigenvalue weighted by Crippen LogP contribution is 2.24. The fourth-order valence-electron chi connectivity index (χ4n) is 2.58. The van der Waals surface area contributed by atoms with E-state index in [1.165, 1.54) is 0 Å². The standard InChI is InChI=1S/C15H26N2O5/c1-3-22-13(18)9-4-10(2)16-15(21)17-12-7-5-11(6-8-12)14(19)20/h10-12H,3-9H2,1-2H3,(H,19,20)(H2,16,17,21). The van der Waals surface area contributed by atoms with Crippen LogP contribution < -0.4 is 10.6 Å². The van der Waals surface area contributed by atoms with Crippen LogP contribution in [0.15, 0.2) is 0 Å². The van der Waals surface area contributed by atoms with Crippen molar-refractivity contribution in [1.82, 2.24) is 10.6 Å². The van der Waals surface area contributed by atoms with Crippen LogP contribution in [-0.4, -0.2) is 41.8 Å². The molecule has 3 N–H and O–H groups in total. The number of urea groups is 1. The van der Waals surface area contributed by atoms with Crippen LogP contribution in [0.5, 0.6) is 0 Å². The number of ether oxygens (including phenoxy) is 1. The van der Waals surface area contributed by atoms with Gasteiger partial charge in [-0.05, 0) is 46.0 Å². The SMILES string of the molecule is CCOC(=O)CCC(C)NC(=O)NC1CCC(C(=O)O)CC1. The van der Waals surface area contributed by atoms with Gasteiger partial charge in [-0.2, -0.15) is 0 Å². The second-order valence-corrected chi connectivity index (χ2v) is 5.75. The summed E-state index contributed by atoms with van der Waals surface area (Å²) in [7, 11) is 0. The number of amides is 2. The maximum atomic E-state index is 11.9. The normalized spacial score (nSPS) is 22.5. The highest BCUT2D eigenvalue weighted by atomic mass is 16.5. The van der Waals surface area contributed by atoms with E-state index < -0.39 is 5.97 Å². The Bertz CT molecular complexity index is 391. The van der Waals surface area contributed by atoms with Crippen LogP contribution in [0.2, 0.25) is 0 Å². The van der Waals surface area contributed by atoms with E-state index in [1.807, 2.05) is 6.92 Å². The molecule has 0 spiro atoms. The molecule has 1 aliphatic rings. The minimum absolute atomic E-state index is 0.0212. The molecule has 0 aromatic rings. The summed E-state index contributed by atoms with van der Waals surface area (Å²) >= 11 is 0. The number of carbonyl (C=O) groups excluding carboxylic acids is 2. The maximum absolute atomic E-state index is 11.9. The van der Waals surface area contributed by atoms with Gasteiger partial charge in [-0.1, -0.05) is 0 Å².